The van der Waals surface area contributed by atoms with E-state index in [0.717, 1.165) is 33.8 Å². The third kappa shape index (κ3) is 4.76. The molecule has 2 rings (SSSR count). The van der Waals surface area contributed by atoms with Crippen molar-refractivity contribution in [3.8, 4) is 0 Å². The molecule has 3 nitrogen and oxygen atoms in total. The fraction of sp³-hybridized carbons (Fsp3) is 0.500. The van der Waals surface area contributed by atoms with Crippen molar-refractivity contribution >= 4 is 5.82 Å². The fourth-order valence-electron chi connectivity index (χ4n) is 2.81. The first kappa shape index (κ1) is 20.1. The number of nitrogens with one attached hydrogen (secondary N) is 1. The summed E-state index contributed by atoms with van der Waals surface area (Å²) in [5.41, 5.74) is 5.06. The van der Waals surface area contributed by atoms with Crippen molar-refractivity contribution in [2.45, 2.75) is 67.3 Å². The Bertz CT molecular complexity index is 664. The van der Waals surface area contributed by atoms with E-state index >= 15 is 0 Å². The topological polar surface area (TPSA) is 37.8 Å². The minimum absolute atomic E-state index is 0. The molecule has 0 aliphatic rings. The molecule has 0 unspecified atom stereocenters. The molecule has 134 valence electrons. The second-order valence-electron chi connectivity index (χ2n) is 6.27. The van der Waals surface area contributed by atoms with E-state index in [1.54, 1.807) is 12.1 Å². The molecule has 4 heteroatoms. The molecule has 1 aromatic heterocycles. The number of hydrogen-bond donors (Lipinski definition) is 1. The van der Waals surface area contributed by atoms with E-state index in [4.69, 9.17) is 0 Å². The zero-order chi connectivity index (χ0) is 18.4. The van der Waals surface area contributed by atoms with Crippen LogP contribution in [0.4, 0.5) is 10.2 Å². The van der Waals surface area contributed by atoms with E-state index in [1.165, 1.54) is 0 Å². The van der Waals surface area contributed by atoms with Crippen molar-refractivity contribution < 1.29 is 5.82 Å². The van der Waals surface area contributed by atoms with Crippen molar-refractivity contribution in [3.05, 3.63) is 52.0 Å². The molecule has 0 saturated heterocycles. The predicted molar refractivity (Wildman–Crippen MR) is 102 cm³/mol. The molecule has 0 aliphatic carbocycles. The molecule has 0 spiro atoms. The van der Waals surface area contributed by atoms with Crippen molar-refractivity contribution in [1.29, 1.82) is 0 Å². The summed E-state index contributed by atoms with van der Waals surface area (Å²) in [4.78, 5) is 0. The van der Waals surface area contributed by atoms with Gasteiger partial charge in [0.15, 0.2) is 5.82 Å². The maximum absolute atomic E-state index is 13.4. The van der Waals surface area contributed by atoms with Gasteiger partial charge in [-0.1, -0.05) is 27.7 Å². The largest absolute Gasteiger partial charge is 0.362 e. The molecule has 0 amide bonds. The van der Waals surface area contributed by atoms with Gasteiger partial charge < -0.3 is 5.32 Å². The lowest BCUT2D eigenvalue weighted by atomic mass is 9.96. The highest BCUT2D eigenvalue weighted by Gasteiger charge is 2.15. The monoisotopic (exact) mass is 333 g/mol. The van der Waals surface area contributed by atoms with E-state index in [2.05, 4.69) is 42.4 Å². The summed E-state index contributed by atoms with van der Waals surface area (Å²) in [5.74, 6) is 0.947. The van der Waals surface area contributed by atoms with Crippen molar-refractivity contribution in [2.75, 3.05) is 5.32 Å². The van der Waals surface area contributed by atoms with Crippen LogP contribution in [0.15, 0.2) is 18.2 Å². The van der Waals surface area contributed by atoms with Gasteiger partial charge in [-0.15, -0.1) is 5.10 Å². The van der Waals surface area contributed by atoms with Crippen LogP contribution in [0.2, 0.25) is 0 Å². The van der Waals surface area contributed by atoms with Gasteiger partial charge >= 0.3 is 0 Å². The maximum Gasteiger partial charge on any atom is 0.152 e. The Morgan fingerprint density at radius 2 is 1.46 bits per heavy atom. The number of hydrogen-bond acceptors (Lipinski definition) is 3. The molecule has 0 saturated carbocycles. The van der Waals surface area contributed by atoms with E-state index in [1.807, 2.05) is 34.6 Å². The summed E-state index contributed by atoms with van der Waals surface area (Å²) in [6, 6.07) is 5.25. The molecule has 2 aromatic rings. The van der Waals surface area contributed by atoms with Crippen LogP contribution >= 0.6 is 0 Å². The average molecular weight is 333 g/mol. The number of aryl methyl sites for hydroxylation is 3. The summed E-state index contributed by atoms with van der Waals surface area (Å²) < 4.78 is 13.4. The molecule has 0 fully saturated rings. The van der Waals surface area contributed by atoms with Crippen LogP contribution in [-0.2, 0) is 0 Å². The van der Waals surface area contributed by atoms with Crippen molar-refractivity contribution in [2.24, 2.45) is 0 Å². The maximum atomic E-state index is 13.4. The second-order valence-corrected chi connectivity index (χ2v) is 6.27. The lowest BCUT2D eigenvalue weighted by molar-refractivity contribution is 0.623. The molecule has 0 radical (unpaired) electrons. The van der Waals surface area contributed by atoms with Crippen LogP contribution in [0, 0.1) is 26.6 Å². The third-order valence-electron chi connectivity index (χ3n) is 3.94. The molecule has 0 bridgehead atoms. The van der Waals surface area contributed by atoms with Gasteiger partial charge in [0.1, 0.15) is 5.82 Å². The Hall–Kier alpha value is -1.97. The summed E-state index contributed by atoms with van der Waals surface area (Å²) in [6.45, 7) is 16.2. The molecule has 1 heterocycles. The highest BCUT2D eigenvalue weighted by molar-refractivity contribution is 5.47. The van der Waals surface area contributed by atoms with E-state index in [0.29, 0.717) is 5.92 Å². The highest BCUT2D eigenvalue weighted by atomic mass is 19.1. The van der Waals surface area contributed by atoms with Crippen LogP contribution in [-0.4, -0.2) is 10.2 Å². The van der Waals surface area contributed by atoms with Gasteiger partial charge in [-0.3, -0.25) is 0 Å². The molecule has 1 aromatic carbocycles. The fourth-order valence-corrected chi connectivity index (χ4v) is 2.81. The minimum Gasteiger partial charge on any atom is -0.362 e. The number of halogens is 1. The molecule has 1 atom stereocenters. The predicted octanol–water partition coefficient (Wildman–Crippen LogP) is 6.11. The van der Waals surface area contributed by atoms with Crippen LogP contribution in [0.5, 0.6) is 0 Å². The van der Waals surface area contributed by atoms with Gasteiger partial charge in [0.05, 0.1) is 11.7 Å². The first-order valence-electron chi connectivity index (χ1n) is 8.67. The normalized spacial score (nSPS) is 11.8. The van der Waals surface area contributed by atoms with Gasteiger partial charge in [-0.2, -0.15) is 5.10 Å². The smallest absolute Gasteiger partial charge is 0.152 e. The Balaban J connectivity index is 0.00000185. The number of aromatic nitrogens is 2. The SMILES string of the molecule is CC.Cc1cc(C(C)C)nnc1N[C@H](C)c1c(C)cc(F)cc1C.[HH]. The molecular formula is C20H32FN3. The number of anilines is 1. The summed E-state index contributed by atoms with van der Waals surface area (Å²) in [5, 5.41) is 12.0. The second kappa shape index (κ2) is 8.76. The van der Waals surface area contributed by atoms with Crippen molar-refractivity contribution in [3.63, 3.8) is 0 Å². The molecule has 24 heavy (non-hydrogen) atoms. The van der Waals surface area contributed by atoms with Gasteiger partial charge in [-0.25, -0.2) is 4.39 Å². The summed E-state index contributed by atoms with van der Waals surface area (Å²) in [7, 11) is 0. The van der Waals surface area contributed by atoms with Gasteiger partial charge in [0.2, 0.25) is 0 Å². The van der Waals surface area contributed by atoms with Crippen LogP contribution in [0.1, 0.15) is 76.0 Å². The first-order chi connectivity index (χ1) is 11.3. The number of benzene rings is 1. The van der Waals surface area contributed by atoms with E-state index in [9.17, 15) is 4.39 Å². The van der Waals surface area contributed by atoms with Crippen molar-refractivity contribution in [1.82, 2.24) is 10.2 Å². The summed E-state index contributed by atoms with van der Waals surface area (Å²) >= 11 is 0. The Morgan fingerprint density at radius 1 is 0.917 bits per heavy atom. The van der Waals surface area contributed by atoms with Gasteiger partial charge in [0.25, 0.3) is 0 Å². The number of nitrogens with zero attached hydrogens (tertiary/aromatic N) is 2. The standard InChI is InChI=1S/C18H24FN3.C2H6.H2/c1-10(2)16-9-13(5)18(22-21-16)20-14(6)17-11(3)7-15(19)8-12(17)4;1-2;/h7-10,14H,1-6H3,(H,20,22);1-2H3;1H/t14-;;/m1../s1. The van der Waals surface area contributed by atoms with E-state index < -0.39 is 0 Å². The lowest BCUT2D eigenvalue weighted by Crippen LogP contribution is -2.13. The van der Waals surface area contributed by atoms with Crippen LogP contribution in [0.25, 0.3) is 0 Å². The third-order valence-corrected chi connectivity index (χ3v) is 3.94. The summed E-state index contributed by atoms with van der Waals surface area (Å²) in [6.07, 6.45) is 0. The molecule has 1 N–H and O–H groups in total. The van der Waals surface area contributed by atoms with Crippen LogP contribution < -0.4 is 5.32 Å². The van der Waals surface area contributed by atoms with Crippen LogP contribution in [0.3, 0.4) is 0 Å². The lowest BCUT2D eigenvalue weighted by Gasteiger charge is -2.21. The minimum atomic E-state index is -0.191. The average Bonchev–Trinajstić information content (AvgIpc) is 2.50. The Kier molecular flexibility index (Phi) is 7.33. The number of rotatable bonds is 4. The first-order valence-corrected chi connectivity index (χ1v) is 8.67. The zero-order valence-electron chi connectivity index (χ0n) is 16.2. The van der Waals surface area contributed by atoms with E-state index in [-0.39, 0.29) is 13.3 Å². The Labute approximate surface area is 147 Å². The van der Waals surface area contributed by atoms with Gasteiger partial charge in [0, 0.05) is 1.43 Å². The quantitative estimate of drug-likeness (QED) is 0.733. The Morgan fingerprint density at radius 3 is 1.92 bits per heavy atom. The zero-order valence-corrected chi connectivity index (χ0v) is 16.2. The highest BCUT2D eigenvalue weighted by Crippen LogP contribution is 2.27. The molecule has 0 aliphatic heterocycles. The van der Waals surface area contributed by atoms with Gasteiger partial charge in [-0.05, 0) is 74.1 Å². The molecular weight excluding hydrogens is 301 g/mol.